The Morgan fingerprint density at radius 3 is 2.45 bits per heavy atom. The lowest BCUT2D eigenvalue weighted by molar-refractivity contribution is -0.384. The maximum atomic E-state index is 10.9. The largest absolute Gasteiger partial charge is 0.496 e. The minimum atomic E-state index is -0.452. The number of non-ortho nitro benzene ring substituents is 1. The maximum absolute atomic E-state index is 10.9. The summed E-state index contributed by atoms with van der Waals surface area (Å²) in [5.74, 6) is 0.435. The van der Waals surface area contributed by atoms with E-state index >= 15 is 0 Å². The Balaban J connectivity index is 2.91. The Hall–Kier alpha value is -1.82. The van der Waals surface area contributed by atoms with Crippen molar-refractivity contribution in [1.29, 1.82) is 0 Å². The van der Waals surface area contributed by atoms with Crippen LogP contribution in [0.25, 0.3) is 0 Å². The standard InChI is InChI=1S/C14H22N2O4/c1-4-14(5-2,10-17)9-15-11-6-12(16(18)19)8-13(7-11)20-3/h6-8,15,17H,4-5,9-10H2,1-3H3. The van der Waals surface area contributed by atoms with Gasteiger partial charge in [-0.2, -0.15) is 0 Å². The maximum Gasteiger partial charge on any atom is 0.275 e. The molecule has 0 aliphatic rings. The fourth-order valence-corrected chi connectivity index (χ4v) is 1.98. The number of benzene rings is 1. The number of aliphatic hydroxyl groups excluding tert-OH is 1. The predicted octanol–water partition coefficient (Wildman–Crippen LogP) is 2.81. The predicted molar refractivity (Wildman–Crippen MR) is 78.2 cm³/mol. The van der Waals surface area contributed by atoms with Crippen LogP contribution in [-0.2, 0) is 0 Å². The van der Waals surface area contributed by atoms with Gasteiger partial charge < -0.3 is 15.2 Å². The van der Waals surface area contributed by atoms with Crippen LogP contribution < -0.4 is 10.1 Å². The van der Waals surface area contributed by atoms with Gasteiger partial charge in [0.25, 0.3) is 5.69 Å². The summed E-state index contributed by atoms with van der Waals surface area (Å²) in [7, 11) is 1.47. The lowest BCUT2D eigenvalue weighted by Gasteiger charge is -2.30. The van der Waals surface area contributed by atoms with Gasteiger partial charge in [0.05, 0.1) is 24.7 Å². The van der Waals surface area contributed by atoms with Crippen LogP contribution in [0.2, 0.25) is 0 Å². The summed E-state index contributed by atoms with van der Waals surface area (Å²) >= 11 is 0. The summed E-state index contributed by atoms with van der Waals surface area (Å²) in [6.07, 6.45) is 1.66. The van der Waals surface area contributed by atoms with Crippen LogP contribution in [0.15, 0.2) is 18.2 Å². The molecule has 0 amide bonds. The van der Waals surface area contributed by atoms with Crippen molar-refractivity contribution in [3.8, 4) is 5.75 Å². The van der Waals surface area contributed by atoms with E-state index in [0.717, 1.165) is 12.8 Å². The van der Waals surface area contributed by atoms with Crippen LogP contribution >= 0.6 is 0 Å². The Labute approximate surface area is 118 Å². The highest BCUT2D eigenvalue weighted by Crippen LogP contribution is 2.29. The third kappa shape index (κ3) is 3.84. The first-order valence-corrected chi connectivity index (χ1v) is 6.68. The minimum Gasteiger partial charge on any atom is -0.496 e. The van der Waals surface area contributed by atoms with Crippen LogP contribution in [0, 0.1) is 15.5 Å². The van der Waals surface area contributed by atoms with Gasteiger partial charge in [0.15, 0.2) is 0 Å². The number of ether oxygens (including phenoxy) is 1. The van der Waals surface area contributed by atoms with E-state index in [0.29, 0.717) is 18.0 Å². The molecule has 0 saturated heterocycles. The third-order valence-electron chi connectivity index (χ3n) is 3.84. The monoisotopic (exact) mass is 282 g/mol. The summed E-state index contributed by atoms with van der Waals surface area (Å²) in [6.45, 7) is 4.69. The van der Waals surface area contributed by atoms with E-state index in [4.69, 9.17) is 4.74 Å². The molecule has 0 atom stereocenters. The normalized spacial score (nSPS) is 11.2. The number of methoxy groups -OCH3 is 1. The van der Waals surface area contributed by atoms with Crippen molar-refractivity contribution in [2.75, 3.05) is 25.6 Å². The van der Waals surface area contributed by atoms with Crippen molar-refractivity contribution in [2.45, 2.75) is 26.7 Å². The van der Waals surface area contributed by atoms with E-state index in [9.17, 15) is 15.2 Å². The van der Waals surface area contributed by atoms with Gasteiger partial charge in [0.2, 0.25) is 0 Å². The summed E-state index contributed by atoms with van der Waals surface area (Å²) in [5.41, 5.74) is 0.392. The quantitative estimate of drug-likeness (QED) is 0.565. The van der Waals surface area contributed by atoms with Gasteiger partial charge in [0, 0.05) is 29.8 Å². The number of aliphatic hydroxyl groups is 1. The van der Waals surface area contributed by atoms with E-state index in [-0.39, 0.29) is 17.7 Å². The molecule has 6 heteroatoms. The van der Waals surface area contributed by atoms with Crippen molar-refractivity contribution in [1.82, 2.24) is 0 Å². The molecular weight excluding hydrogens is 260 g/mol. The lowest BCUT2D eigenvalue weighted by atomic mass is 9.83. The molecule has 0 bridgehead atoms. The summed E-state index contributed by atoms with van der Waals surface area (Å²) in [4.78, 5) is 10.4. The molecule has 20 heavy (non-hydrogen) atoms. The third-order valence-corrected chi connectivity index (χ3v) is 3.84. The minimum absolute atomic E-state index is 0.0190. The molecule has 112 valence electrons. The smallest absolute Gasteiger partial charge is 0.275 e. The van der Waals surface area contributed by atoms with Crippen LogP contribution in [-0.4, -0.2) is 30.3 Å². The van der Waals surface area contributed by atoms with Gasteiger partial charge in [-0.15, -0.1) is 0 Å². The molecule has 0 aliphatic heterocycles. The Morgan fingerprint density at radius 1 is 1.35 bits per heavy atom. The first kappa shape index (κ1) is 16.2. The number of rotatable bonds is 8. The molecule has 0 fully saturated rings. The molecule has 1 rings (SSSR count). The van der Waals surface area contributed by atoms with E-state index in [1.165, 1.54) is 19.2 Å². The zero-order valence-corrected chi connectivity index (χ0v) is 12.2. The molecule has 0 aromatic heterocycles. The zero-order chi connectivity index (χ0) is 15.2. The molecule has 0 aliphatic carbocycles. The Kier molecular flexibility index (Phi) is 5.76. The van der Waals surface area contributed by atoms with Crippen molar-refractivity contribution in [3.05, 3.63) is 28.3 Å². The van der Waals surface area contributed by atoms with Gasteiger partial charge in [-0.1, -0.05) is 13.8 Å². The number of hydrogen-bond acceptors (Lipinski definition) is 5. The van der Waals surface area contributed by atoms with Crippen LogP contribution in [0.5, 0.6) is 5.75 Å². The molecule has 0 unspecified atom stereocenters. The summed E-state index contributed by atoms with van der Waals surface area (Å²) in [5, 5.41) is 23.6. The van der Waals surface area contributed by atoms with Crippen LogP contribution in [0.1, 0.15) is 26.7 Å². The van der Waals surface area contributed by atoms with E-state index < -0.39 is 4.92 Å². The fourth-order valence-electron chi connectivity index (χ4n) is 1.98. The molecule has 0 heterocycles. The first-order chi connectivity index (χ1) is 9.50. The second kappa shape index (κ2) is 7.09. The highest BCUT2D eigenvalue weighted by molar-refractivity contribution is 5.56. The van der Waals surface area contributed by atoms with Gasteiger partial charge in [-0.25, -0.2) is 0 Å². The van der Waals surface area contributed by atoms with Crippen molar-refractivity contribution in [3.63, 3.8) is 0 Å². The number of anilines is 1. The fraction of sp³-hybridized carbons (Fsp3) is 0.571. The topological polar surface area (TPSA) is 84.6 Å². The molecule has 0 radical (unpaired) electrons. The average molecular weight is 282 g/mol. The van der Waals surface area contributed by atoms with Crippen molar-refractivity contribution < 1.29 is 14.8 Å². The molecule has 6 nitrogen and oxygen atoms in total. The number of nitrogens with one attached hydrogen (secondary N) is 1. The average Bonchev–Trinajstić information content (AvgIpc) is 2.48. The van der Waals surface area contributed by atoms with Gasteiger partial charge in [-0.3, -0.25) is 10.1 Å². The molecule has 2 N–H and O–H groups in total. The highest BCUT2D eigenvalue weighted by Gasteiger charge is 2.25. The second-order valence-electron chi connectivity index (χ2n) is 4.90. The van der Waals surface area contributed by atoms with Crippen molar-refractivity contribution >= 4 is 11.4 Å². The SMILES string of the molecule is CCC(CC)(CO)CNc1cc(OC)cc([N+](=O)[O-])c1. The summed E-state index contributed by atoms with van der Waals surface area (Å²) in [6, 6.07) is 4.56. The number of hydrogen-bond donors (Lipinski definition) is 2. The number of nitro benzene ring substituents is 1. The molecule has 1 aromatic rings. The van der Waals surface area contributed by atoms with Gasteiger partial charge in [0.1, 0.15) is 5.75 Å². The number of nitrogens with zero attached hydrogens (tertiary/aromatic N) is 1. The molecule has 1 aromatic carbocycles. The first-order valence-electron chi connectivity index (χ1n) is 6.68. The van der Waals surface area contributed by atoms with Crippen molar-refractivity contribution in [2.24, 2.45) is 5.41 Å². The highest BCUT2D eigenvalue weighted by atomic mass is 16.6. The lowest BCUT2D eigenvalue weighted by Crippen LogP contribution is -2.32. The molecule has 0 spiro atoms. The van der Waals surface area contributed by atoms with Crippen LogP contribution in [0.3, 0.4) is 0 Å². The van der Waals surface area contributed by atoms with Gasteiger partial charge in [-0.05, 0) is 12.8 Å². The van der Waals surface area contributed by atoms with E-state index in [1.54, 1.807) is 6.07 Å². The Morgan fingerprint density at radius 2 is 2.00 bits per heavy atom. The number of nitro groups is 1. The second-order valence-corrected chi connectivity index (χ2v) is 4.90. The van der Waals surface area contributed by atoms with E-state index in [2.05, 4.69) is 5.32 Å². The molecule has 0 saturated carbocycles. The van der Waals surface area contributed by atoms with Crippen LogP contribution in [0.4, 0.5) is 11.4 Å². The molecular formula is C14H22N2O4. The van der Waals surface area contributed by atoms with E-state index in [1.807, 2.05) is 13.8 Å². The Bertz CT molecular complexity index is 450. The zero-order valence-electron chi connectivity index (χ0n) is 12.2. The summed E-state index contributed by atoms with van der Waals surface area (Å²) < 4.78 is 5.06. The van der Waals surface area contributed by atoms with Gasteiger partial charge >= 0.3 is 0 Å².